The number of unbranched alkanes of at least 4 members (excludes halogenated alkanes) is 3. The molecule has 0 atom stereocenters. The smallest absolute Gasteiger partial charge is 0.226 e. The first kappa shape index (κ1) is 16.2. The summed E-state index contributed by atoms with van der Waals surface area (Å²) in [4.78, 5) is 11.6. The van der Waals surface area contributed by atoms with E-state index in [1.54, 1.807) is 24.3 Å². The van der Waals surface area contributed by atoms with Crippen molar-refractivity contribution in [3.05, 3.63) is 29.8 Å². The van der Waals surface area contributed by atoms with Gasteiger partial charge in [-0.25, -0.2) is 0 Å². The van der Waals surface area contributed by atoms with Crippen LogP contribution in [0.15, 0.2) is 24.3 Å². The van der Waals surface area contributed by atoms with E-state index >= 15 is 0 Å². The maximum atomic E-state index is 11.6. The highest BCUT2D eigenvalue weighted by Crippen LogP contribution is 2.09. The minimum absolute atomic E-state index is 0.0664. The maximum Gasteiger partial charge on any atom is 0.226 e. The third-order valence-electron chi connectivity index (χ3n) is 2.91. The molecular formula is C16H22N2O2. The standard InChI is InChI=1S/C16H22N2O2/c1-2-3-4-5-11-20-12-10-16(19)18-15-8-6-14(13-17)7-9-15/h6-9H,2-5,10-12H2,1H3,(H,18,19). The van der Waals surface area contributed by atoms with Gasteiger partial charge in [0.1, 0.15) is 0 Å². The fourth-order valence-electron chi connectivity index (χ4n) is 1.75. The van der Waals surface area contributed by atoms with Gasteiger partial charge in [0.05, 0.1) is 24.7 Å². The second kappa shape index (κ2) is 9.99. The van der Waals surface area contributed by atoms with Crippen LogP contribution in [-0.2, 0) is 9.53 Å². The number of hydrogen-bond donors (Lipinski definition) is 1. The predicted octanol–water partition coefficient (Wildman–Crippen LogP) is 3.48. The Hall–Kier alpha value is -1.86. The molecular weight excluding hydrogens is 252 g/mol. The Bertz CT molecular complexity index is 435. The molecule has 0 saturated carbocycles. The molecule has 0 unspecified atom stereocenters. The predicted molar refractivity (Wildman–Crippen MR) is 79.4 cm³/mol. The molecule has 108 valence electrons. The molecule has 1 aromatic rings. The van der Waals surface area contributed by atoms with E-state index in [1.807, 2.05) is 6.07 Å². The van der Waals surface area contributed by atoms with Gasteiger partial charge in [-0.2, -0.15) is 5.26 Å². The van der Waals surface area contributed by atoms with Crippen LogP contribution in [0.5, 0.6) is 0 Å². The third kappa shape index (κ3) is 6.91. The summed E-state index contributed by atoms with van der Waals surface area (Å²) >= 11 is 0. The molecule has 0 saturated heterocycles. The second-order valence-electron chi connectivity index (χ2n) is 4.66. The zero-order valence-electron chi connectivity index (χ0n) is 12.0. The van der Waals surface area contributed by atoms with Crippen molar-refractivity contribution >= 4 is 11.6 Å². The van der Waals surface area contributed by atoms with Gasteiger partial charge >= 0.3 is 0 Å². The van der Waals surface area contributed by atoms with E-state index < -0.39 is 0 Å². The average molecular weight is 274 g/mol. The van der Waals surface area contributed by atoms with E-state index in [2.05, 4.69) is 12.2 Å². The summed E-state index contributed by atoms with van der Waals surface area (Å²) in [5, 5.41) is 11.5. The summed E-state index contributed by atoms with van der Waals surface area (Å²) in [6, 6.07) is 8.85. The number of rotatable bonds is 9. The van der Waals surface area contributed by atoms with E-state index in [-0.39, 0.29) is 5.91 Å². The van der Waals surface area contributed by atoms with Crippen LogP contribution in [0.2, 0.25) is 0 Å². The third-order valence-corrected chi connectivity index (χ3v) is 2.91. The number of nitrogens with one attached hydrogen (secondary N) is 1. The monoisotopic (exact) mass is 274 g/mol. The van der Waals surface area contributed by atoms with Gasteiger partial charge in [-0.1, -0.05) is 26.2 Å². The van der Waals surface area contributed by atoms with Crippen molar-refractivity contribution in [2.75, 3.05) is 18.5 Å². The molecule has 4 heteroatoms. The maximum absolute atomic E-state index is 11.6. The number of carbonyl (C=O) groups excluding carboxylic acids is 1. The molecule has 1 rings (SSSR count). The lowest BCUT2D eigenvalue weighted by Crippen LogP contribution is -2.14. The molecule has 1 N–H and O–H groups in total. The van der Waals surface area contributed by atoms with Gasteiger partial charge in [0.25, 0.3) is 0 Å². The lowest BCUT2D eigenvalue weighted by atomic mass is 10.2. The minimum atomic E-state index is -0.0664. The summed E-state index contributed by atoms with van der Waals surface area (Å²) in [5.74, 6) is -0.0664. The van der Waals surface area contributed by atoms with E-state index in [0.717, 1.165) is 13.0 Å². The minimum Gasteiger partial charge on any atom is -0.381 e. The molecule has 0 aliphatic rings. The van der Waals surface area contributed by atoms with E-state index in [1.165, 1.54) is 19.3 Å². The first-order valence-corrected chi connectivity index (χ1v) is 7.14. The molecule has 20 heavy (non-hydrogen) atoms. The van der Waals surface area contributed by atoms with E-state index in [4.69, 9.17) is 10.00 Å². The second-order valence-corrected chi connectivity index (χ2v) is 4.66. The van der Waals surface area contributed by atoms with Crippen LogP contribution < -0.4 is 5.32 Å². The largest absolute Gasteiger partial charge is 0.381 e. The summed E-state index contributed by atoms with van der Waals surface area (Å²) < 4.78 is 5.42. The molecule has 0 heterocycles. The van der Waals surface area contributed by atoms with E-state index in [0.29, 0.717) is 24.3 Å². The van der Waals surface area contributed by atoms with Crippen LogP contribution in [-0.4, -0.2) is 19.1 Å². The highest BCUT2D eigenvalue weighted by Gasteiger charge is 2.02. The van der Waals surface area contributed by atoms with Crippen molar-refractivity contribution in [1.82, 2.24) is 0 Å². The topological polar surface area (TPSA) is 62.1 Å². The molecule has 1 aromatic carbocycles. The molecule has 4 nitrogen and oxygen atoms in total. The Kier molecular flexibility index (Phi) is 8.09. The van der Waals surface area contributed by atoms with Gasteiger partial charge in [0.15, 0.2) is 0 Å². The fraction of sp³-hybridized carbons (Fsp3) is 0.500. The SMILES string of the molecule is CCCCCCOCCC(=O)Nc1ccc(C#N)cc1. The van der Waals surface area contributed by atoms with Gasteiger partial charge in [-0.05, 0) is 30.7 Å². The van der Waals surface area contributed by atoms with Crippen LogP contribution in [0.3, 0.4) is 0 Å². The normalized spacial score (nSPS) is 10.0. The summed E-state index contributed by atoms with van der Waals surface area (Å²) in [7, 11) is 0. The summed E-state index contributed by atoms with van der Waals surface area (Å²) in [5.41, 5.74) is 1.29. The van der Waals surface area contributed by atoms with Crippen LogP contribution >= 0.6 is 0 Å². The van der Waals surface area contributed by atoms with Gasteiger partial charge in [0, 0.05) is 12.3 Å². The van der Waals surface area contributed by atoms with Crippen molar-refractivity contribution in [1.29, 1.82) is 5.26 Å². The highest BCUT2D eigenvalue weighted by molar-refractivity contribution is 5.90. The van der Waals surface area contributed by atoms with Crippen LogP contribution in [0, 0.1) is 11.3 Å². The fourth-order valence-corrected chi connectivity index (χ4v) is 1.75. The molecule has 0 aliphatic heterocycles. The van der Waals surface area contributed by atoms with E-state index in [9.17, 15) is 4.79 Å². The Morgan fingerprint density at radius 1 is 1.20 bits per heavy atom. The summed E-state index contributed by atoms with van der Waals surface area (Å²) in [6.07, 6.45) is 5.06. The molecule has 0 bridgehead atoms. The zero-order chi connectivity index (χ0) is 14.6. The van der Waals surface area contributed by atoms with Gasteiger partial charge in [0.2, 0.25) is 5.91 Å². The number of anilines is 1. The lowest BCUT2D eigenvalue weighted by molar-refractivity contribution is -0.117. The number of amides is 1. The van der Waals surface area contributed by atoms with Crippen molar-refractivity contribution in [2.45, 2.75) is 39.0 Å². The van der Waals surface area contributed by atoms with Crippen molar-refractivity contribution < 1.29 is 9.53 Å². The van der Waals surface area contributed by atoms with Crippen molar-refractivity contribution in [2.24, 2.45) is 0 Å². The molecule has 0 radical (unpaired) electrons. The first-order chi connectivity index (χ1) is 9.76. The number of benzene rings is 1. The van der Waals surface area contributed by atoms with Crippen LogP contribution in [0.4, 0.5) is 5.69 Å². The number of carbonyl (C=O) groups is 1. The number of nitrogens with zero attached hydrogens (tertiary/aromatic N) is 1. The molecule has 0 aromatic heterocycles. The molecule has 0 fully saturated rings. The van der Waals surface area contributed by atoms with Crippen molar-refractivity contribution in [3.63, 3.8) is 0 Å². The van der Waals surface area contributed by atoms with Gasteiger partial charge < -0.3 is 10.1 Å². The van der Waals surface area contributed by atoms with Crippen LogP contribution in [0.25, 0.3) is 0 Å². The molecule has 1 amide bonds. The lowest BCUT2D eigenvalue weighted by Gasteiger charge is -2.06. The number of ether oxygens (including phenoxy) is 1. The first-order valence-electron chi connectivity index (χ1n) is 7.14. The van der Waals surface area contributed by atoms with Crippen molar-refractivity contribution in [3.8, 4) is 6.07 Å². The van der Waals surface area contributed by atoms with Gasteiger partial charge in [-0.15, -0.1) is 0 Å². The zero-order valence-corrected chi connectivity index (χ0v) is 12.0. The molecule has 0 spiro atoms. The summed E-state index contributed by atoms with van der Waals surface area (Å²) in [6.45, 7) is 3.35. The Labute approximate surface area is 120 Å². The Balaban J connectivity index is 2.12. The number of nitriles is 1. The Morgan fingerprint density at radius 2 is 1.95 bits per heavy atom. The quantitative estimate of drug-likeness (QED) is 0.701. The Morgan fingerprint density at radius 3 is 2.60 bits per heavy atom. The van der Waals surface area contributed by atoms with Crippen LogP contribution in [0.1, 0.15) is 44.6 Å². The average Bonchev–Trinajstić information content (AvgIpc) is 2.47. The highest BCUT2D eigenvalue weighted by atomic mass is 16.5. The van der Waals surface area contributed by atoms with Gasteiger partial charge in [-0.3, -0.25) is 4.79 Å². The molecule has 0 aliphatic carbocycles. The number of hydrogen-bond acceptors (Lipinski definition) is 3.